The van der Waals surface area contributed by atoms with Gasteiger partial charge in [0, 0.05) is 5.02 Å². The fourth-order valence-electron chi connectivity index (χ4n) is 2.03. The molecule has 2 rings (SSSR count). The van der Waals surface area contributed by atoms with Crippen LogP contribution in [0.1, 0.15) is 31.7 Å². The van der Waals surface area contributed by atoms with Crippen molar-refractivity contribution in [3.63, 3.8) is 0 Å². The summed E-state index contributed by atoms with van der Waals surface area (Å²) in [5.74, 6) is 0.787. The number of hydrogen-bond donors (Lipinski definition) is 1. The maximum atomic E-state index is 12.1. The average molecular weight is 381 g/mol. The predicted molar refractivity (Wildman–Crippen MR) is 101 cm³/mol. The van der Waals surface area contributed by atoms with Crippen molar-refractivity contribution in [2.24, 2.45) is 5.10 Å². The molecule has 0 heterocycles. The molecule has 7 heteroatoms. The van der Waals surface area contributed by atoms with E-state index in [1.807, 2.05) is 24.3 Å². The second-order valence-electron chi connectivity index (χ2n) is 5.43. The highest BCUT2D eigenvalue weighted by molar-refractivity contribution is 7.89. The van der Waals surface area contributed by atoms with Gasteiger partial charge in [0.25, 0.3) is 10.0 Å². The van der Waals surface area contributed by atoms with Crippen LogP contribution in [0.3, 0.4) is 0 Å². The summed E-state index contributed by atoms with van der Waals surface area (Å²) in [6.45, 7) is 2.84. The summed E-state index contributed by atoms with van der Waals surface area (Å²) in [5.41, 5.74) is 0.764. The van der Waals surface area contributed by atoms with Gasteiger partial charge in [-0.15, -0.1) is 0 Å². The Morgan fingerprint density at radius 1 is 1.08 bits per heavy atom. The lowest BCUT2D eigenvalue weighted by Gasteiger charge is -2.05. The number of ether oxygens (including phenoxy) is 1. The lowest BCUT2D eigenvalue weighted by Crippen LogP contribution is -2.18. The number of benzene rings is 2. The highest BCUT2D eigenvalue weighted by Crippen LogP contribution is 2.14. The zero-order chi connectivity index (χ0) is 18.1. The zero-order valence-electron chi connectivity index (χ0n) is 14.0. The van der Waals surface area contributed by atoms with Gasteiger partial charge in [0.1, 0.15) is 5.75 Å². The molecule has 2 aromatic carbocycles. The minimum atomic E-state index is -3.70. The van der Waals surface area contributed by atoms with E-state index in [1.165, 1.54) is 30.5 Å². The lowest BCUT2D eigenvalue weighted by molar-refractivity contribution is 0.306. The van der Waals surface area contributed by atoms with Gasteiger partial charge in [-0.05, 0) is 60.5 Å². The molecule has 0 fully saturated rings. The van der Waals surface area contributed by atoms with E-state index in [0.717, 1.165) is 30.6 Å². The van der Waals surface area contributed by atoms with Crippen LogP contribution in [0.2, 0.25) is 5.02 Å². The van der Waals surface area contributed by atoms with Crippen LogP contribution < -0.4 is 9.57 Å². The van der Waals surface area contributed by atoms with Gasteiger partial charge in [-0.3, -0.25) is 0 Å². The summed E-state index contributed by atoms with van der Waals surface area (Å²) in [6, 6.07) is 13.2. The first kappa shape index (κ1) is 19.3. The van der Waals surface area contributed by atoms with Crippen molar-refractivity contribution in [2.45, 2.75) is 31.1 Å². The van der Waals surface area contributed by atoms with Gasteiger partial charge in [-0.25, -0.2) is 4.83 Å². The van der Waals surface area contributed by atoms with E-state index in [9.17, 15) is 8.42 Å². The molecule has 5 nitrogen and oxygen atoms in total. The number of unbranched alkanes of at least 4 members (excludes halogenated alkanes) is 2. The fraction of sp³-hybridized carbons (Fsp3) is 0.278. The van der Waals surface area contributed by atoms with E-state index in [1.54, 1.807) is 0 Å². The van der Waals surface area contributed by atoms with Crippen LogP contribution in [0.5, 0.6) is 5.75 Å². The summed E-state index contributed by atoms with van der Waals surface area (Å²) in [6.07, 6.45) is 4.78. The third kappa shape index (κ3) is 6.40. The van der Waals surface area contributed by atoms with Crippen LogP contribution in [0.4, 0.5) is 0 Å². The minimum absolute atomic E-state index is 0.102. The number of hydrazone groups is 1. The Bertz CT molecular complexity index is 788. The Balaban J connectivity index is 1.90. The van der Waals surface area contributed by atoms with Crippen molar-refractivity contribution >= 4 is 27.8 Å². The van der Waals surface area contributed by atoms with Gasteiger partial charge in [-0.1, -0.05) is 31.4 Å². The van der Waals surface area contributed by atoms with Gasteiger partial charge < -0.3 is 4.74 Å². The third-order valence-corrected chi connectivity index (χ3v) is 4.90. The number of nitrogens with zero attached hydrogens (tertiary/aromatic N) is 1. The smallest absolute Gasteiger partial charge is 0.276 e. The lowest BCUT2D eigenvalue weighted by atomic mass is 10.2. The van der Waals surface area contributed by atoms with Gasteiger partial charge in [0.05, 0.1) is 17.7 Å². The van der Waals surface area contributed by atoms with Crippen LogP contribution in [-0.2, 0) is 10.0 Å². The Morgan fingerprint density at radius 3 is 2.40 bits per heavy atom. The van der Waals surface area contributed by atoms with E-state index in [2.05, 4.69) is 16.9 Å². The van der Waals surface area contributed by atoms with Crippen LogP contribution >= 0.6 is 11.6 Å². The van der Waals surface area contributed by atoms with Crippen molar-refractivity contribution in [2.75, 3.05) is 6.61 Å². The number of hydrogen-bond acceptors (Lipinski definition) is 4. The Morgan fingerprint density at radius 2 is 1.76 bits per heavy atom. The molecule has 0 aliphatic carbocycles. The summed E-state index contributed by atoms with van der Waals surface area (Å²) < 4.78 is 29.8. The quantitative estimate of drug-likeness (QED) is 0.402. The van der Waals surface area contributed by atoms with Gasteiger partial charge >= 0.3 is 0 Å². The normalized spacial score (nSPS) is 11.6. The van der Waals surface area contributed by atoms with E-state index < -0.39 is 10.0 Å². The van der Waals surface area contributed by atoms with Crippen LogP contribution in [0, 0.1) is 0 Å². The first-order chi connectivity index (χ1) is 12.0. The molecule has 0 spiro atoms. The second kappa shape index (κ2) is 9.44. The molecule has 25 heavy (non-hydrogen) atoms. The first-order valence-corrected chi connectivity index (χ1v) is 9.90. The van der Waals surface area contributed by atoms with Crippen LogP contribution in [0.25, 0.3) is 0 Å². The van der Waals surface area contributed by atoms with Crippen molar-refractivity contribution in [1.29, 1.82) is 0 Å². The molecule has 0 unspecified atom stereocenters. The molecule has 0 bridgehead atoms. The van der Waals surface area contributed by atoms with E-state index in [4.69, 9.17) is 16.3 Å². The van der Waals surface area contributed by atoms with Crippen LogP contribution in [-0.4, -0.2) is 21.2 Å². The Labute approximate surface area is 153 Å². The largest absolute Gasteiger partial charge is 0.494 e. The molecule has 0 atom stereocenters. The van der Waals surface area contributed by atoms with Crippen molar-refractivity contribution in [3.8, 4) is 5.75 Å². The zero-order valence-corrected chi connectivity index (χ0v) is 15.6. The summed E-state index contributed by atoms with van der Waals surface area (Å²) in [4.78, 5) is 2.28. The molecule has 2 aromatic rings. The topological polar surface area (TPSA) is 67.8 Å². The van der Waals surface area contributed by atoms with Crippen molar-refractivity contribution < 1.29 is 13.2 Å². The first-order valence-electron chi connectivity index (χ1n) is 8.04. The molecule has 0 saturated carbocycles. The fourth-order valence-corrected chi connectivity index (χ4v) is 2.95. The molecule has 0 saturated heterocycles. The molecular formula is C18H21ClN2O3S. The van der Waals surface area contributed by atoms with Crippen molar-refractivity contribution in [1.82, 2.24) is 4.83 Å². The predicted octanol–water partition coefficient (Wildman–Crippen LogP) is 4.22. The SMILES string of the molecule is CCCCCOc1ccc(C=NNS(=O)(=O)c2ccc(Cl)cc2)cc1. The van der Waals surface area contributed by atoms with Gasteiger partial charge in [0.2, 0.25) is 0 Å². The monoisotopic (exact) mass is 380 g/mol. The van der Waals surface area contributed by atoms with Gasteiger partial charge in [0.15, 0.2) is 0 Å². The Hall–Kier alpha value is -2.05. The molecule has 0 amide bonds. The number of sulfonamides is 1. The van der Waals surface area contributed by atoms with Crippen LogP contribution in [0.15, 0.2) is 58.5 Å². The van der Waals surface area contributed by atoms with E-state index in [-0.39, 0.29) is 4.90 Å². The second-order valence-corrected chi connectivity index (χ2v) is 7.53. The van der Waals surface area contributed by atoms with Crippen molar-refractivity contribution in [3.05, 3.63) is 59.1 Å². The summed E-state index contributed by atoms with van der Waals surface area (Å²) in [7, 11) is -3.70. The molecule has 0 aliphatic rings. The number of halogens is 1. The minimum Gasteiger partial charge on any atom is -0.494 e. The average Bonchev–Trinajstić information content (AvgIpc) is 2.60. The maximum absolute atomic E-state index is 12.1. The van der Waals surface area contributed by atoms with E-state index in [0.29, 0.717) is 11.6 Å². The van der Waals surface area contributed by atoms with E-state index >= 15 is 0 Å². The molecule has 0 radical (unpaired) electrons. The molecule has 134 valence electrons. The highest BCUT2D eigenvalue weighted by Gasteiger charge is 2.11. The maximum Gasteiger partial charge on any atom is 0.276 e. The Kier molecular flexibility index (Phi) is 7.28. The summed E-state index contributed by atoms with van der Waals surface area (Å²) in [5, 5.41) is 4.26. The number of rotatable bonds is 9. The third-order valence-electron chi connectivity index (χ3n) is 3.41. The summed E-state index contributed by atoms with van der Waals surface area (Å²) >= 11 is 5.75. The number of nitrogens with one attached hydrogen (secondary N) is 1. The van der Waals surface area contributed by atoms with Gasteiger partial charge in [-0.2, -0.15) is 13.5 Å². The standard InChI is InChI=1S/C18H21ClN2O3S/c1-2-3-4-13-24-17-9-5-15(6-10-17)14-20-21-25(22,23)18-11-7-16(19)8-12-18/h5-12,14,21H,2-4,13H2,1H3. The highest BCUT2D eigenvalue weighted by atomic mass is 35.5. The molecular weight excluding hydrogens is 360 g/mol. The molecule has 1 N–H and O–H groups in total. The molecule has 0 aliphatic heterocycles. The molecule has 0 aromatic heterocycles.